The highest BCUT2D eigenvalue weighted by Gasteiger charge is 2.34. The summed E-state index contributed by atoms with van der Waals surface area (Å²) in [6, 6.07) is 0. The minimum Gasteiger partial charge on any atom is -0.455 e. The SMILES string of the molecule is C=C(C(=O)OCC(F)(F)F)C(C)(C)OC(C)=O. The molecule has 0 saturated heterocycles. The van der Waals surface area contributed by atoms with Gasteiger partial charge in [0.1, 0.15) is 5.60 Å². The lowest BCUT2D eigenvalue weighted by Crippen LogP contribution is -2.34. The van der Waals surface area contributed by atoms with Crippen LogP contribution in [0.2, 0.25) is 0 Å². The van der Waals surface area contributed by atoms with E-state index in [0.717, 1.165) is 6.92 Å². The molecule has 4 nitrogen and oxygen atoms in total. The molecule has 0 aromatic carbocycles. The predicted octanol–water partition coefficient (Wildman–Crippen LogP) is 1.99. The number of carbonyl (C=O) groups is 2. The van der Waals surface area contributed by atoms with E-state index in [1.807, 2.05) is 0 Å². The maximum atomic E-state index is 11.8. The molecule has 0 bridgehead atoms. The summed E-state index contributed by atoms with van der Waals surface area (Å²) in [5.74, 6) is -1.94. The Morgan fingerprint density at radius 2 is 1.71 bits per heavy atom. The van der Waals surface area contributed by atoms with Gasteiger partial charge in [0.15, 0.2) is 6.61 Å². The van der Waals surface area contributed by atoms with Crippen molar-refractivity contribution >= 4 is 11.9 Å². The van der Waals surface area contributed by atoms with Crippen LogP contribution in [0.3, 0.4) is 0 Å². The van der Waals surface area contributed by atoms with Gasteiger partial charge in [-0.15, -0.1) is 0 Å². The average Bonchev–Trinajstić information content (AvgIpc) is 2.09. The summed E-state index contributed by atoms with van der Waals surface area (Å²) < 4.78 is 44.1. The number of ether oxygens (including phenoxy) is 2. The Kier molecular flexibility index (Phi) is 4.73. The first-order valence-electron chi connectivity index (χ1n) is 4.58. The number of hydrogen-bond donors (Lipinski definition) is 0. The first-order chi connectivity index (χ1) is 7.46. The average molecular weight is 254 g/mol. The van der Waals surface area contributed by atoms with Gasteiger partial charge in [0.05, 0.1) is 5.57 Å². The van der Waals surface area contributed by atoms with Gasteiger partial charge in [0, 0.05) is 6.92 Å². The van der Waals surface area contributed by atoms with Gasteiger partial charge < -0.3 is 9.47 Å². The zero-order valence-corrected chi connectivity index (χ0v) is 9.68. The molecule has 0 unspecified atom stereocenters. The lowest BCUT2D eigenvalue weighted by Gasteiger charge is -2.25. The lowest BCUT2D eigenvalue weighted by atomic mass is 10.00. The van der Waals surface area contributed by atoms with E-state index < -0.39 is 30.3 Å². The van der Waals surface area contributed by atoms with E-state index in [1.165, 1.54) is 13.8 Å². The minimum atomic E-state index is -4.61. The van der Waals surface area contributed by atoms with Crippen LogP contribution in [-0.4, -0.2) is 30.3 Å². The number of alkyl halides is 3. The van der Waals surface area contributed by atoms with Gasteiger partial charge in [-0.2, -0.15) is 13.2 Å². The summed E-state index contributed by atoms with van der Waals surface area (Å²) in [6.07, 6.45) is -4.61. The van der Waals surface area contributed by atoms with Crippen molar-refractivity contribution in [2.75, 3.05) is 6.61 Å². The van der Waals surface area contributed by atoms with E-state index in [4.69, 9.17) is 4.74 Å². The van der Waals surface area contributed by atoms with Crippen LogP contribution in [0.15, 0.2) is 12.2 Å². The Bertz CT molecular complexity index is 331. The largest absolute Gasteiger partial charge is 0.455 e. The standard InChI is InChI=1S/C10H13F3O4/c1-6(9(3,4)17-7(2)14)8(15)16-5-10(11,12)13/h1,5H2,2-4H3. The first kappa shape index (κ1) is 15.5. The summed E-state index contributed by atoms with van der Waals surface area (Å²) in [4.78, 5) is 21.9. The van der Waals surface area contributed by atoms with Crippen LogP contribution in [-0.2, 0) is 19.1 Å². The molecule has 0 aliphatic heterocycles. The molecule has 0 saturated carbocycles. The second-order valence-electron chi connectivity index (χ2n) is 3.77. The quantitative estimate of drug-likeness (QED) is 0.568. The molecule has 98 valence electrons. The van der Waals surface area contributed by atoms with Crippen LogP contribution in [0.25, 0.3) is 0 Å². The molecule has 0 heterocycles. The highest BCUT2D eigenvalue weighted by atomic mass is 19.4. The predicted molar refractivity (Wildman–Crippen MR) is 52.0 cm³/mol. The van der Waals surface area contributed by atoms with Crippen molar-refractivity contribution in [3.63, 3.8) is 0 Å². The normalized spacial score (nSPS) is 11.9. The Morgan fingerprint density at radius 3 is 2.06 bits per heavy atom. The summed E-state index contributed by atoms with van der Waals surface area (Å²) in [5.41, 5.74) is -1.77. The van der Waals surface area contributed by atoms with Crippen molar-refractivity contribution in [2.24, 2.45) is 0 Å². The fourth-order valence-electron chi connectivity index (χ4n) is 0.901. The summed E-state index contributed by atoms with van der Waals surface area (Å²) in [7, 11) is 0. The van der Waals surface area contributed by atoms with Gasteiger partial charge in [-0.3, -0.25) is 4.79 Å². The van der Waals surface area contributed by atoms with Gasteiger partial charge in [-0.1, -0.05) is 6.58 Å². The molecular formula is C10H13F3O4. The molecule has 0 atom stereocenters. The third-order valence-electron chi connectivity index (χ3n) is 1.74. The van der Waals surface area contributed by atoms with E-state index >= 15 is 0 Å². The zero-order chi connectivity index (χ0) is 13.9. The van der Waals surface area contributed by atoms with E-state index in [-0.39, 0.29) is 5.57 Å². The van der Waals surface area contributed by atoms with Crippen molar-refractivity contribution in [2.45, 2.75) is 32.5 Å². The molecule has 0 spiro atoms. The first-order valence-corrected chi connectivity index (χ1v) is 4.58. The van der Waals surface area contributed by atoms with Crippen LogP contribution in [0.1, 0.15) is 20.8 Å². The highest BCUT2D eigenvalue weighted by molar-refractivity contribution is 5.90. The van der Waals surface area contributed by atoms with Crippen molar-refractivity contribution < 1.29 is 32.2 Å². The fraction of sp³-hybridized carbons (Fsp3) is 0.600. The summed E-state index contributed by atoms with van der Waals surface area (Å²) in [5, 5.41) is 0. The lowest BCUT2D eigenvalue weighted by molar-refractivity contribution is -0.185. The number of hydrogen-bond acceptors (Lipinski definition) is 4. The maximum Gasteiger partial charge on any atom is 0.422 e. The number of carbonyl (C=O) groups excluding carboxylic acids is 2. The number of rotatable bonds is 4. The topological polar surface area (TPSA) is 52.6 Å². The van der Waals surface area contributed by atoms with E-state index in [0.29, 0.717) is 0 Å². The molecule has 0 aromatic heterocycles. The monoisotopic (exact) mass is 254 g/mol. The molecule has 0 aromatic rings. The van der Waals surface area contributed by atoms with Crippen LogP contribution >= 0.6 is 0 Å². The third kappa shape index (κ3) is 5.94. The summed E-state index contributed by atoms with van der Waals surface area (Å²) >= 11 is 0. The highest BCUT2D eigenvalue weighted by Crippen LogP contribution is 2.22. The molecule has 0 fully saturated rings. The Balaban J connectivity index is 4.50. The Labute approximate surface area is 96.4 Å². The molecule has 0 N–H and O–H groups in total. The molecule has 17 heavy (non-hydrogen) atoms. The third-order valence-corrected chi connectivity index (χ3v) is 1.74. The van der Waals surface area contributed by atoms with E-state index in [9.17, 15) is 22.8 Å². The van der Waals surface area contributed by atoms with E-state index in [1.54, 1.807) is 0 Å². The summed E-state index contributed by atoms with van der Waals surface area (Å²) in [6.45, 7) is 5.31. The van der Waals surface area contributed by atoms with Crippen LogP contribution in [0.5, 0.6) is 0 Å². The molecular weight excluding hydrogens is 241 g/mol. The number of esters is 2. The van der Waals surface area contributed by atoms with Gasteiger partial charge in [-0.25, -0.2) is 4.79 Å². The van der Waals surface area contributed by atoms with Crippen LogP contribution in [0.4, 0.5) is 13.2 Å². The van der Waals surface area contributed by atoms with E-state index in [2.05, 4.69) is 11.3 Å². The molecule has 0 amide bonds. The Hall–Kier alpha value is -1.53. The fourth-order valence-corrected chi connectivity index (χ4v) is 0.901. The maximum absolute atomic E-state index is 11.8. The zero-order valence-electron chi connectivity index (χ0n) is 9.68. The van der Waals surface area contributed by atoms with Gasteiger partial charge in [-0.05, 0) is 13.8 Å². The molecule has 0 rings (SSSR count). The molecule has 0 aliphatic rings. The second kappa shape index (κ2) is 5.20. The number of halogens is 3. The van der Waals surface area contributed by atoms with Gasteiger partial charge >= 0.3 is 18.1 Å². The molecule has 7 heteroatoms. The van der Waals surface area contributed by atoms with Crippen molar-refractivity contribution in [1.29, 1.82) is 0 Å². The van der Waals surface area contributed by atoms with Crippen molar-refractivity contribution in [1.82, 2.24) is 0 Å². The molecule has 0 radical (unpaired) electrons. The van der Waals surface area contributed by atoms with Gasteiger partial charge in [0.25, 0.3) is 0 Å². The smallest absolute Gasteiger partial charge is 0.422 e. The second-order valence-corrected chi connectivity index (χ2v) is 3.77. The van der Waals surface area contributed by atoms with Crippen molar-refractivity contribution in [3.05, 3.63) is 12.2 Å². The Morgan fingerprint density at radius 1 is 1.24 bits per heavy atom. The van der Waals surface area contributed by atoms with Crippen molar-refractivity contribution in [3.8, 4) is 0 Å². The van der Waals surface area contributed by atoms with Crippen LogP contribution < -0.4 is 0 Å². The van der Waals surface area contributed by atoms with Gasteiger partial charge in [0.2, 0.25) is 0 Å². The molecule has 0 aliphatic carbocycles. The van der Waals surface area contributed by atoms with Crippen LogP contribution in [0, 0.1) is 0 Å². The minimum absolute atomic E-state index is 0.364.